The van der Waals surface area contributed by atoms with Crippen molar-refractivity contribution in [2.75, 3.05) is 0 Å². The summed E-state index contributed by atoms with van der Waals surface area (Å²) in [6, 6.07) is 5.16. The van der Waals surface area contributed by atoms with Gasteiger partial charge in [-0.1, -0.05) is 0 Å². The van der Waals surface area contributed by atoms with Gasteiger partial charge in [-0.2, -0.15) is 0 Å². The third-order valence-corrected chi connectivity index (χ3v) is 1.57. The number of benzene rings is 1. The maximum Gasteiger partial charge on any atom is 0.308 e. The molecule has 0 aliphatic rings. The molecule has 0 aromatic heterocycles. The van der Waals surface area contributed by atoms with Gasteiger partial charge in [-0.15, -0.1) is 0 Å². The summed E-state index contributed by atoms with van der Waals surface area (Å²) in [4.78, 5) is 10.8. The van der Waals surface area contributed by atoms with Crippen LogP contribution >= 0.6 is 0 Å². The lowest BCUT2D eigenvalue weighted by Gasteiger charge is -2.11. The molecule has 3 heteroatoms. The highest BCUT2D eigenvalue weighted by molar-refractivity contribution is 5.69. The van der Waals surface area contributed by atoms with E-state index >= 15 is 0 Å². The Morgan fingerprint density at radius 1 is 1.27 bits per heavy atom. The first-order valence-electron chi connectivity index (χ1n) is 4.79. The molecular formula is C12H15O3. The van der Waals surface area contributed by atoms with Crippen LogP contribution in [0.15, 0.2) is 18.2 Å². The van der Waals surface area contributed by atoms with Crippen LogP contribution in [-0.4, -0.2) is 12.1 Å². The van der Waals surface area contributed by atoms with Crippen molar-refractivity contribution in [2.45, 2.75) is 26.9 Å². The SMILES string of the molecule is [CH2]c1cc(OC(C)=O)cc(OC(C)C)c1. The highest BCUT2D eigenvalue weighted by Gasteiger charge is 2.04. The molecule has 1 radical (unpaired) electrons. The predicted octanol–water partition coefficient (Wildman–Crippen LogP) is 2.58. The fraction of sp³-hybridized carbons (Fsp3) is 0.333. The number of carbonyl (C=O) groups is 1. The van der Waals surface area contributed by atoms with Crippen molar-refractivity contribution in [2.24, 2.45) is 0 Å². The molecule has 81 valence electrons. The Balaban J connectivity index is 2.89. The molecule has 0 spiro atoms. The molecule has 0 aliphatic carbocycles. The van der Waals surface area contributed by atoms with Crippen LogP contribution in [-0.2, 0) is 4.79 Å². The molecule has 0 atom stereocenters. The lowest BCUT2D eigenvalue weighted by Crippen LogP contribution is -2.06. The van der Waals surface area contributed by atoms with Gasteiger partial charge >= 0.3 is 5.97 Å². The quantitative estimate of drug-likeness (QED) is 0.564. The van der Waals surface area contributed by atoms with Crippen LogP contribution in [0.2, 0.25) is 0 Å². The maximum absolute atomic E-state index is 10.8. The molecule has 0 N–H and O–H groups in total. The van der Waals surface area contributed by atoms with E-state index in [1.807, 2.05) is 13.8 Å². The second kappa shape index (κ2) is 4.82. The number of carbonyl (C=O) groups excluding carboxylic acids is 1. The summed E-state index contributed by atoms with van der Waals surface area (Å²) >= 11 is 0. The molecule has 0 saturated heterocycles. The third-order valence-electron chi connectivity index (χ3n) is 1.57. The monoisotopic (exact) mass is 207 g/mol. The topological polar surface area (TPSA) is 35.5 Å². The first-order chi connectivity index (χ1) is 6.97. The van der Waals surface area contributed by atoms with E-state index in [0.29, 0.717) is 11.5 Å². The van der Waals surface area contributed by atoms with Gasteiger partial charge in [-0.05, 0) is 38.5 Å². The Bertz CT molecular complexity index is 356. The zero-order chi connectivity index (χ0) is 11.4. The van der Waals surface area contributed by atoms with E-state index in [1.165, 1.54) is 6.92 Å². The van der Waals surface area contributed by atoms with E-state index in [-0.39, 0.29) is 12.1 Å². The highest BCUT2D eigenvalue weighted by Crippen LogP contribution is 2.23. The van der Waals surface area contributed by atoms with Crippen LogP contribution < -0.4 is 9.47 Å². The zero-order valence-corrected chi connectivity index (χ0v) is 9.24. The average Bonchev–Trinajstić information content (AvgIpc) is 1.98. The second-order valence-corrected chi connectivity index (χ2v) is 3.57. The molecule has 0 fully saturated rings. The summed E-state index contributed by atoms with van der Waals surface area (Å²) in [6.45, 7) is 9.01. The van der Waals surface area contributed by atoms with Gasteiger partial charge < -0.3 is 9.47 Å². The first-order valence-corrected chi connectivity index (χ1v) is 4.79. The number of esters is 1. The van der Waals surface area contributed by atoms with Crippen LogP contribution in [0.5, 0.6) is 11.5 Å². The van der Waals surface area contributed by atoms with Crippen molar-refractivity contribution in [3.05, 3.63) is 30.7 Å². The van der Waals surface area contributed by atoms with E-state index in [0.717, 1.165) is 5.56 Å². The maximum atomic E-state index is 10.8. The Kier molecular flexibility index (Phi) is 3.72. The normalized spacial score (nSPS) is 10.2. The summed E-state index contributed by atoms with van der Waals surface area (Å²) < 4.78 is 10.4. The molecule has 15 heavy (non-hydrogen) atoms. The van der Waals surface area contributed by atoms with Crippen LogP contribution in [0.1, 0.15) is 26.3 Å². The van der Waals surface area contributed by atoms with E-state index in [9.17, 15) is 4.79 Å². The summed E-state index contributed by atoms with van der Waals surface area (Å²) in [5, 5.41) is 0. The highest BCUT2D eigenvalue weighted by atomic mass is 16.5. The van der Waals surface area contributed by atoms with Crippen molar-refractivity contribution in [3.8, 4) is 11.5 Å². The smallest absolute Gasteiger partial charge is 0.308 e. The average molecular weight is 207 g/mol. The molecule has 3 nitrogen and oxygen atoms in total. The molecule has 0 amide bonds. The summed E-state index contributed by atoms with van der Waals surface area (Å²) in [7, 11) is 0. The van der Waals surface area contributed by atoms with Crippen molar-refractivity contribution in [1.29, 1.82) is 0 Å². The van der Waals surface area contributed by atoms with Crippen LogP contribution in [0, 0.1) is 6.92 Å². The molecule has 0 unspecified atom stereocenters. The van der Waals surface area contributed by atoms with Crippen LogP contribution in [0.25, 0.3) is 0 Å². The molecular weight excluding hydrogens is 192 g/mol. The van der Waals surface area contributed by atoms with Gasteiger partial charge in [0.2, 0.25) is 0 Å². The zero-order valence-electron chi connectivity index (χ0n) is 9.24. The van der Waals surface area contributed by atoms with Gasteiger partial charge in [0.05, 0.1) is 6.10 Å². The standard InChI is InChI=1S/C12H15O3/c1-8(2)14-11-5-9(3)6-12(7-11)15-10(4)13/h5-8H,3H2,1-2,4H3. The molecule has 1 rings (SSSR count). The minimum Gasteiger partial charge on any atom is -0.491 e. The summed E-state index contributed by atoms with van der Waals surface area (Å²) in [5.74, 6) is 0.774. The minimum atomic E-state index is -0.351. The predicted molar refractivity (Wildman–Crippen MR) is 58.0 cm³/mol. The van der Waals surface area contributed by atoms with Crippen LogP contribution in [0.4, 0.5) is 0 Å². The van der Waals surface area contributed by atoms with Crippen molar-refractivity contribution < 1.29 is 14.3 Å². The van der Waals surface area contributed by atoms with E-state index in [1.54, 1.807) is 18.2 Å². The number of rotatable bonds is 3. The van der Waals surface area contributed by atoms with Crippen molar-refractivity contribution in [1.82, 2.24) is 0 Å². The fourth-order valence-corrected chi connectivity index (χ4v) is 1.20. The molecule has 0 saturated carbocycles. The summed E-state index contributed by atoms with van der Waals surface area (Å²) in [5.41, 5.74) is 0.754. The molecule has 0 heterocycles. The molecule has 1 aromatic carbocycles. The van der Waals surface area contributed by atoms with Gasteiger partial charge in [-0.25, -0.2) is 0 Å². The van der Waals surface area contributed by atoms with Crippen molar-refractivity contribution in [3.63, 3.8) is 0 Å². The van der Waals surface area contributed by atoms with Gasteiger partial charge in [-0.3, -0.25) is 4.79 Å². The lowest BCUT2D eigenvalue weighted by atomic mass is 10.2. The third kappa shape index (κ3) is 4.02. The van der Waals surface area contributed by atoms with Crippen molar-refractivity contribution >= 4 is 5.97 Å². The van der Waals surface area contributed by atoms with E-state index < -0.39 is 0 Å². The minimum absolute atomic E-state index is 0.0805. The van der Waals surface area contributed by atoms with Gasteiger partial charge in [0, 0.05) is 13.0 Å². The second-order valence-electron chi connectivity index (χ2n) is 3.57. The Morgan fingerprint density at radius 2 is 1.87 bits per heavy atom. The Morgan fingerprint density at radius 3 is 2.40 bits per heavy atom. The molecule has 1 aromatic rings. The fourth-order valence-electron chi connectivity index (χ4n) is 1.20. The largest absolute Gasteiger partial charge is 0.491 e. The van der Waals surface area contributed by atoms with Crippen LogP contribution in [0.3, 0.4) is 0 Å². The van der Waals surface area contributed by atoms with E-state index in [2.05, 4.69) is 6.92 Å². The number of hydrogen-bond acceptors (Lipinski definition) is 3. The van der Waals surface area contributed by atoms with Gasteiger partial charge in [0.15, 0.2) is 0 Å². The Hall–Kier alpha value is -1.51. The number of hydrogen-bond donors (Lipinski definition) is 0. The van der Waals surface area contributed by atoms with Gasteiger partial charge in [0.1, 0.15) is 11.5 Å². The Labute approximate surface area is 90.0 Å². The first kappa shape index (κ1) is 11.6. The summed E-state index contributed by atoms with van der Waals surface area (Å²) in [6.07, 6.45) is 0.0805. The lowest BCUT2D eigenvalue weighted by molar-refractivity contribution is -0.131. The molecule has 0 bridgehead atoms. The van der Waals surface area contributed by atoms with Gasteiger partial charge in [0.25, 0.3) is 0 Å². The van der Waals surface area contributed by atoms with E-state index in [4.69, 9.17) is 9.47 Å². The number of ether oxygens (including phenoxy) is 2. The molecule has 0 aliphatic heterocycles.